The maximum absolute atomic E-state index is 13.7. The summed E-state index contributed by atoms with van der Waals surface area (Å²) in [5, 5.41) is 5.49. The molecule has 1 aromatic rings. The van der Waals surface area contributed by atoms with E-state index >= 15 is 0 Å². The van der Waals surface area contributed by atoms with Crippen molar-refractivity contribution in [2.24, 2.45) is 11.3 Å². The number of para-hydroxylation sites is 1. The molecule has 5 nitrogen and oxygen atoms in total. The van der Waals surface area contributed by atoms with Crippen molar-refractivity contribution in [1.82, 2.24) is 10.6 Å². The minimum Gasteiger partial charge on any atom is -0.488 e. The molecule has 0 saturated carbocycles. The predicted octanol–water partition coefficient (Wildman–Crippen LogP) is 3.29. The fourth-order valence-electron chi connectivity index (χ4n) is 2.18. The first-order valence-electron chi connectivity index (χ1n) is 9.03. The van der Waals surface area contributed by atoms with Gasteiger partial charge in [-0.05, 0) is 29.9 Å². The summed E-state index contributed by atoms with van der Waals surface area (Å²) in [6.45, 7) is 10.0. The van der Waals surface area contributed by atoms with Crippen LogP contribution in [0.25, 0.3) is 0 Å². The molecule has 0 saturated heterocycles. The van der Waals surface area contributed by atoms with Gasteiger partial charge in [-0.3, -0.25) is 9.59 Å². The summed E-state index contributed by atoms with van der Waals surface area (Å²) in [6, 6.07) is 5.82. The van der Waals surface area contributed by atoms with Crippen LogP contribution in [-0.4, -0.2) is 31.0 Å². The molecular weight excluding hydrogens is 335 g/mol. The molecule has 6 heteroatoms. The fourth-order valence-corrected chi connectivity index (χ4v) is 2.18. The lowest BCUT2D eigenvalue weighted by Gasteiger charge is -2.31. The monoisotopic (exact) mass is 366 g/mol. The molecule has 0 aliphatic rings. The molecular formula is C20H31FN2O3. The van der Waals surface area contributed by atoms with Gasteiger partial charge in [0.05, 0.1) is 12.6 Å². The van der Waals surface area contributed by atoms with Crippen LogP contribution in [0.5, 0.6) is 5.75 Å². The molecule has 2 N–H and O–H groups in total. The highest BCUT2D eigenvalue weighted by Crippen LogP contribution is 2.22. The Morgan fingerprint density at radius 2 is 1.81 bits per heavy atom. The van der Waals surface area contributed by atoms with E-state index in [1.54, 1.807) is 18.2 Å². The van der Waals surface area contributed by atoms with Gasteiger partial charge in [0, 0.05) is 6.42 Å². The van der Waals surface area contributed by atoms with E-state index in [0.29, 0.717) is 12.3 Å². The van der Waals surface area contributed by atoms with Crippen molar-refractivity contribution in [3.8, 4) is 5.75 Å². The third kappa shape index (κ3) is 8.32. The Bertz CT molecular complexity index is 597. The van der Waals surface area contributed by atoms with Gasteiger partial charge in [-0.25, -0.2) is 4.39 Å². The van der Waals surface area contributed by atoms with Crippen molar-refractivity contribution in [2.75, 3.05) is 13.2 Å². The number of carbonyl (C=O) groups excluding carboxylic acids is 2. The van der Waals surface area contributed by atoms with Gasteiger partial charge in [0.1, 0.15) is 6.61 Å². The van der Waals surface area contributed by atoms with Crippen LogP contribution < -0.4 is 15.4 Å². The second kappa shape index (κ2) is 10.1. The van der Waals surface area contributed by atoms with E-state index in [-0.39, 0.29) is 42.2 Å². The second-order valence-electron chi connectivity index (χ2n) is 7.94. The highest BCUT2D eigenvalue weighted by atomic mass is 19.1. The van der Waals surface area contributed by atoms with E-state index in [9.17, 15) is 14.0 Å². The molecule has 1 unspecified atom stereocenters. The van der Waals surface area contributed by atoms with Gasteiger partial charge in [-0.15, -0.1) is 0 Å². The van der Waals surface area contributed by atoms with Gasteiger partial charge in [-0.2, -0.15) is 0 Å². The molecule has 0 aliphatic heterocycles. The molecule has 0 fully saturated rings. The van der Waals surface area contributed by atoms with Crippen molar-refractivity contribution in [3.05, 3.63) is 30.1 Å². The Hall–Kier alpha value is -2.11. The third-order valence-electron chi connectivity index (χ3n) is 4.02. The second-order valence-corrected chi connectivity index (χ2v) is 7.94. The van der Waals surface area contributed by atoms with E-state index in [2.05, 4.69) is 10.6 Å². The summed E-state index contributed by atoms with van der Waals surface area (Å²) >= 11 is 0. The van der Waals surface area contributed by atoms with Crippen LogP contribution in [-0.2, 0) is 9.59 Å². The van der Waals surface area contributed by atoms with Gasteiger partial charge in [0.2, 0.25) is 11.8 Å². The number of hydrogen-bond donors (Lipinski definition) is 2. The fraction of sp³-hybridized carbons (Fsp3) is 0.600. The molecule has 2 amide bonds. The largest absolute Gasteiger partial charge is 0.488 e. The Morgan fingerprint density at radius 1 is 1.15 bits per heavy atom. The molecule has 1 rings (SSSR count). The summed E-state index contributed by atoms with van der Waals surface area (Å²) < 4.78 is 19.2. The molecule has 0 spiro atoms. The zero-order valence-electron chi connectivity index (χ0n) is 16.4. The number of ether oxygens (including phenoxy) is 1. The average Bonchev–Trinajstić information content (AvgIpc) is 2.55. The van der Waals surface area contributed by atoms with Crippen LogP contribution in [0.2, 0.25) is 0 Å². The van der Waals surface area contributed by atoms with Gasteiger partial charge in [0.25, 0.3) is 0 Å². The maximum atomic E-state index is 13.7. The highest BCUT2D eigenvalue weighted by molar-refractivity contribution is 5.84. The lowest BCUT2D eigenvalue weighted by molar-refractivity contribution is -0.127. The van der Waals surface area contributed by atoms with Crippen LogP contribution in [0.1, 0.15) is 47.5 Å². The zero-order chi connectivity index (χ0) is 19.7. The zero-order valence-corrected chi connectivity index (χ0v) is 16.4. The minimum absolute atomic E-state index is 0.0802. The normalized spacial score (nSPS) is 12.6. The number of rotatable bonds is 9. The maximum Gasteiger partial charge on any atom is 0.239 e. The van der Waals surface area contributed by atoms with Crippen molar-refractivity contribution >= 4 is 11.8 Å². The molecule has 0 aromatic heterocycles. The van der Waals surface area contributed by atoms with Crippen LogP contribution in [0.3, 0.4) is 0 Å². The summed E-state index contributed by atoms with van der Waals surface area (Å²) in [6.07, 6.45) is 1.19. The van der Waals surface area contributed by atoms with Crippen molar-refractivity contribution in [2.45, 2.75) is 53.5 Å². The van der Waals surface area contributed by atoms with Crippen molar-refractivity contribution < 1.29 is 18.7 Å². The summed E-state index contributed by atoms with van der Waals surface area (Å²) in [7, 11) is 0. The number of benzene rings is 1. The molecule has 146 valence electrons. The summed E-state index contributed by atoms with van der Waals surface area (Å²) in [4.78, 5) is 23.9. The van der Waals surface area contributed by atoms with Crippen LogP contribution in [0.15, 0.2) is 24.3 Å². The van der Waals surface area contributed by atoms with Crippen LogP contribution in [0.4, 0.5) is 4.39 Å². The van der Waals surface area contributed by atoms with Crippen LogP contribution >= 0.6 is 0 Å². The number of amides is 2. The van der Waals surface area contributed by atoms with E-state index in [0.717, 1.165) is 6.42 Å². The van der Waals surface area contributed by atoms with Gasteiger partial charge >= 0.3 is 0 Å². The lowest BCUT2D eigenvalue weighted by atomic mass is 9.87. The first-order valence-corrected chi connectivity index (χ1v) is 9.03. The van der Waals surface area contributed by atoms with Gasteiger partial charge < -0.3 is 15.4 Å². The number of hydrogen-bond acceptors (Lipinski definition) is 3. The smallest absolute Gasteiger partial charge is 0.239 e. The van der Waals surface area contributed by atoms with E-state index in [4.69, 9.17) is 4.74 Å². The molecule has 0 aliphatic carbocycles. The Balaban J connectivity index is 2.53. The SMILES string of the molecule is CC(C)CCC(=O)NCC(=O)NC(COc1ccccc1F)C(C)(C)C. The van der Waals surface area contributed by atoms with Gasteiger partial charge in [0.15, 0.2) is 11.6 Å². The van der Waals surface area contributed by atoms with Crippen molar-refractivity contribution in [1.29, 1.82) is 0 Å². The minimum atomic E-state index is -0.441. The van der Waals surface area contributed by atoms with E-state index in [1.807, 2.05) is 34.6 Å². The first-order chi connectivity index (χ1) is 12.1. The standard InChI is InChI=1S/C20H31FN2O3/c1-14(2)10-11-18(24)22-12-19(25)23-17(20(3,4)5)13-26-16-9-7-6-8-15(16)21/h6-9,14,17H,10-13H2,1-5H3,(H,22,24)(H,23,25). The summed E-state index contributed by atoms with van der Waals surface area (Å²) in [5.74, 6) is -0.277. The summed E-state index contributed by atoms with van der Waals surface area (Å²) in [5.41, 5.74) is -0.289. The lowest BCUT2D eigenvalue weighted by Crippen LogP contribution is -2.50. The Kier molecular flexibility index (Phi) is 8.55. The Labute approximate surface area is 155 Å². The molecule has 1 aromatic carbocycles. The topological polar surface area (TPSA) is 67.4 Å². The third-order valence-corrected chi connectivity index (χ3v) is 4.02. The van der Waals surface area contributed by atoms with E-state index in [1.165, 1.54) is 6.07 Å². The van der Waals surface area contributed by atoms with Crippen molar-refractivity contribution in [3.63, 3.8) is 0 Å². The average molecular weight is 366 g/mol. The molecule has 0 heterocycles. The predicted molar refractivity (Wildman–Crippen MR) is 100 cm³/mol. The first kappa shape index (κ1) is 21.9. The van der Waals surface area contributed by atoms with Gasteiger partial charge in [-0.1, -0.05) is 46.8 Å². The molecule has 0 radical (unpaired) electrons. The quantitative estimate of drug-likeness (QED) is 0.705. The molecule has 0 bridgehead atoms. The number of halogens is 1. The molecule has 1 atom stereocenters. The number of carbonyl (C=O) groups is 2. The Morgan fingerprint density at radius 3 is 2.38 bits per heavy atom. The number of nitrogens with one attached hydrogen (secondary N) is 2. The van der Waals surface area contributed by atoms with E-state index < -0.39 is 5.82 Å². The highest BCUT2D eigenvalue weighted by Gasteiger charge is 2.27. The van der Waals surface area contributed by atoms with Crippen LogP contribution in [0, 0.1) is 17.2 Å². The molecule has 26 heavy (non-hydrogen) atoms.